The smallest absolute Gasteiger partial charge is 0.343 e. The third-order valence-electron chi connectivity index (χ3n) is 1.78. The summed E-state index contributed by atoms with van der Waals surface area (Å²) < 4.78 is 27.5. The van der Waals surface area contributed by atoms with E-state index in [2.05, 4.69) is 4.18 Å². The Labute approximate surface area is 98.5 Å². The van der Waals surface area contributed by atoms with Crippen molar-refractivity contribution in [2.24, 2.45) is 0 Å². The maximum Gasteiger partial charge on any atom is 0.343 e. The summed E-state index contributed by atoms with van der Waals surface area (Å²) in [6.07, 6.45) is -0.591. The quantitative estimate of drug-likeness (QED) is 0.478. The topological polar surface area (TPSA) is 104 Å². The number of Topliss-reactive ketones (excluding diaryl/α,β-unsaturated/α-hetero) is 1. The van der Waals surface area contributed by atoms with Gasteiger partial charge in [-0.3, -0.25) is 9.59 Å². The second-order valence-corrected chi connectivity index (χ2v) is 4.84. The first-order valence-electron chi connectivity index (χ1n) is 4.64. The molecule has 0 unspecified atom stereocenters. The number of nitrogen functional groups attached to an aromatic ring is 1. The van der Waals surface area contributed by atoms with Crippen molar-refractivity contribution in [1.29, 1.82) is 0 Å². The number of carbonyl (C=O) groups is 2. The predicted molar refractivity (Wildman–Crippen MR) is 59.4 cm³/mol. The summed E-state index contributed by atoms with van der Waals surface area (Å²) in [5.41, 5.74) is 5.42. The van der Waals surface area contributed by atoms with Gasteiger partial charge >= 0.3 is 16.1 Å². The molecule has 0 heterocycles. The Hall–Kier alpha value is -1.89. The van der Waals surface area contributed by atoms with Gasteiger partial charge in [0.25, 0.3) is 0 Å². The largest absolute Gasteiger partial charge is 0.398 e. The summed E-state index contributed by atoms with van der Waals surface area (Å²) >= 11 is 0. The SMILES string of the molecule is CC(=O)CC(=O)OS(=O)(=O)c1ccccc1N. The summed E-state index contributed by atoms with van der Waals surface area (Å²) in [4.78, 5) is 21.4. The van der Waals surface area contributed by atoms with Crippen molar-refractivity contribution >= 4 is 27.6 Å². The molecule has 0 aliphatic carbocycles. The fourth-order valence-electron chi connectivity index (χ4n) is 1.11. The van der Waals surface area contributed by atoms with Crippen molar-refractivity contribution in [2.75, 3.05) is 5.73 Å². The zero-order valence-corrected chi connectivity index (χ0v) is 9.86. The molecular weight excluding hydrogens is 246 g/mol. The Morgan fingerprint density at radius 1 is 1.29 bits per heavy atom. The van der Waals surface area contributed by atoms with Gasteiger partial charge in [-0.05, 0) is 19.1 Å². The molecule has 0 bridgehead atoms. The molecule has 1 aromatic carbocycles. The minimum Gasteiger partial charge on any atom is -0.398 e. The molecule has 0 saturated carbocycles. The number of anilines is 1. The van der Waals surface area contributed by atoms with Crippen LogP contribution in [0.1, 0.15) is 13.3 Å². The van der Waals surface area contributed by atoms with Crippen LogP contribution in [-0.2, 0) is 23.9 Å². The highest BCUT2D eigenvalue weighted by Gasteiger charge is 2.22. The highest BCUT2D eigenvalue weighted by molar-refractivity contribution is 7.87. The van der Waals surface area contributed by atoms with Crippen LogP contribution in [-0.4, -0.2) is 20.2 Å². The first-order chi connectivity index (χ1) is 7.83. The van der Waals surface area contributed by atoms with E-state index in [-0.39, 0.29) is 10.6 Å². The van der Waals surface area contributed by atoms with Crippen LogP contribution in [0.4, 0.5) is 5.69 Å². The van der Waals surface area contributed by atoms with Crippen molar-refractivity contribution in [2.45, 2.75) is 18.2 Å². The molecule has 0 atom stereocenters. The van der Waals surface area contributed by atoms with E-state index >= 15 is 0 Å². The van der Waals surface area contributed by atoms with E-state index in [4.69, 9.17) is 5.73 Å². The molecule has 2 N–H and O–H groups in total. The molecule has 0 aromatic heterocycles. The number of ketones is 1. The first kappa shape index (κ1) is 13.2. The van der Waals surface area contributed by atoms with Crippen molar-refractivity contribution in [3.63, 3.8) is 0 Å². The van der Waals surface area contributed by atoms with Crippen molar-refractivity contribution in [3.05, 3.63) is 24.3 Å². The number of benzene rings is 1. The number of hydrogen-bond donors (Lipinski definition) is 1. The Balaban J connectivity index is 2.94. The highest BCUT2D eigenvalue weighted by atomic mass is 32.2. The summed E-state index contributed by atoms with van der Waals surface area (Å²) in [6, 6.07) is 5.57. The van der Waals surface area contributed by atoms with Crippen LogP contribution in [0.15, 0.2) is 29.2 Å². The van der Waals surface area contributed by atoms with E-state index in [0.29, 0.717) is 0 Å². The number of nitrogens with two attached hydrogens (primary N) is 1. The molecule has 6 nitrogen and oxygen atoms in total. The van der Waals surface area contributed by atoms with E-state index in [1.165, 1.54) is 18.2 Å². The lowest BCUT2D eigenvalue weighted by Gasteiger charge is -2.06. The molecule has 0 spiro atoms. The van der Waals surface area contributed by atoms with Gasteiger partial charge in [0.1, 0.15) is 17.1 Å². The average molecular weight is 257 g/mol. The number of hydrogen-bond acceptors (Lipinski definition) is 6. The standard InChI is InChI=1S/C10H11NO5S/c1-7(12)6-10(13)16-17(14,15)9-5-3-2-4-8(9)11/h2-5H,6,11H2,1H3. The Bertz CT molecular complexity index is 550. The minimum absolute atomic E-state index is 0.0249. The molecule has 7 heteroatoms. The Morgan fingerprint density at radius 3 is 2.41 bits per heavy atom. The first-order valence-corrected chi connectivity index (χ1v) is 6.05. The van der Waals surface area contributed by atoms with Gasteiger partial charge in [-0.15, -0.1) is 0 Å². The van der Waals surface area contributed by atoms with Gasteiger partial charge in [0.15, 0.2) is 0 Å². The maximum atomic E-state index is 11.6. The highest BCUT2D eigenvalue weighted by Crippen LogP contribution is 2.19. The third kappa shape index (κ3) is 3.56. The van der Waals surface area contributed by atoms with Crippen LogP contribution in [0.5, 0.6) is 0 Å². The molecule has 1 rings (SSSR count). The van der Waals surface area contributed by atoms with Crippen LogP contribution in [0.25, 0.3) is 0 Å². The molecule has 0 saturated heterocycles. The van der Waals surface area contributed by atoms with Crippen LogP contribution in [0, 0.1) is 0 Å². The molecule has 0 aliphatic rings. The molecule has 1 aromatic rings. The van der Waals surface area contributed by atoms with Gasteiger partial charge in [0.2, 0.25) is 0 Å². The van der Waals surface area contributed by atoms with Gasteiger partial charge in [0.05, 0.1) is 5.69 Å². The third-order valence-corrected chi connectivity index (χ3v) is 3.10. The van der Waals surface area contributed by atoms with Crippen LogP contribution < -0.4 is 5.73 Å². The zero-order valence-electron chi connectivity index (χ0n) is 9.04. The zero-order chi connectivity index (χ0) is 13.1. The lowest BCUT2D eigenvalue weighted by molar-refractivity contribution is -0.136. The van der Waals surface area contributed by atoms with E-state index in [1.807, 2.05) is 0 Å². The lowest BCUT2D eigenvalue weighted by atomic mass is 10.3. The van der Waals surface area contributed by atoms with Crippen molar-refractivity contribution < 1.29 is 22.2 Å². The van der Waals surface area contributed by atoms with Crippen molar-refractivity contribution in [3.8, 4) is 0 Å². The van der Waals surface area contributed by atoms with E-state index in [9.17, 15) is 18.0 Å². The maximum absolute atomic E-state index is 11.6. The average Bonchev–Trinajstić information content (AvgIpc) is 2.15. The van der Waals surface area contributed by atoms with Gasteiger partial charge in [-0.1, -0.05) is 12.1 Å². The summed E-state index contributed by atoms with van der Waals surface area (Å²) in [5, 5.41) is 0. The predicted octanol–water partition coefficient (Wildman–Crippen LogP) is 0.480. The van der Waals surface area contributed by atoms with Crippen LogP contribution >= 0.6 is 0 Å². The molecule has 0 radical (unpaired) electrons. The number of rotatable bonds is 4. The Kier molecular flexibility index (Phi) is 3.84. The van der Waals surface area contributed by atoms with E-state index in [1.54, 1.807) is 6.07 Å². The number of para-hydroxylation sites is 1. The lowest BCUT2D eigenvalue weighted by Crippen LogP contribution is -2.16. The summed E-state index contributed by atoms with van der Waals surface area (Å²) in [7, 11) is -4.26. The summed E-state index contributed by atoms with van der Waals surface area (Å²) in [6.45, 7) is 1.16. The molecule has 0 amide bonds. The van der Waals surface area contributed by atoms with Gasteiger partial charge in [0, 0.05) is 0 Å². The molecular formula is C10H11NO5S. The molecule has 92 valence electrons. The monoisotopic (exact) mass is 257 g/mol. The molecule has 0 fully saturated rings. The van der Waals surface area contributed by atoms with Crippen LogP contribution in [0.3, 0.4) is 0 Å². The molecule has 0 aliphatic heterocycles. The van der Waals surface area contributed by atoms with E-state index < -0.39 is 28.3 Å². The van der Waals surface area contributed by atoms with Crippen LogP contribution in [0.2, 0.25) is 0 Å². The fourth-order valence-corrected chi connectivity index (χ4v) is 2.10. The van der Waals surface area contributed by atoms with Gasteiger partial charge in [-0.25, -0.2) is 0 Å². The minimum atomic E-state index is -4.26. The Morgan fingerprint density at radius 2 is 1.88 bits per heavy atom. The van der Waals surface area contributed by atoms with Gasteiger partial charge < -0.3 is 9.92 Å². The van der Waals surface area contributed by atoms with E-state index in [0.717, 1.165) is 6.92 Å². The molecule has 17 heavy (non-hydrogen) atoms. The summed E-state index contributed by atoms with van der Waals surface area (Å²) in [5.74, 6) is -1.60. The van der Waals surface area contributed by atoms with Gasteiger partial charge in [-0.2, -0.15) is 8.42 Å². The van der Waals surface area contributed by atoms with Crippen molar-refractivity contribution in [1.82, 2.24) is 0 Å². The second kappa shape index (κ2) is 4.96. The second-order valence-electron chi connectivity index (χ2n) is 3.33. The normalized spacial score (nSPS) is 10.9. The number of carbonyl (C=O) groups excluding carboxylic acids is 2. The fraction of sp³-hybridized carbons (Fsp3) is 0.200.